The summed E-state index contributed by atoms with van der Waals surface area (Å²) in [5, 5.41) is 3.58. The molecule has 3 rings (SSSR count). The molecule has 2 aliphatic heterocycles. The molecule has 2 saturated heterocycles. The molecular weight excluding hydrogens is 347 g/mol. The first-order chi connectivity index (χ1) is 10.7. The quantitative estimate of drug-likeness (QED) is 0.854. The van der Waals surface area contributed by atoms with Crippen LogP contribution in [0.15, 0.2) is 18.2 Å². The van der Waals surface area contributed by atoms with Gasteiger partial charge in [-0.15, -0.1) is 24.8 Å². The Balaban J connectivity index is 0.00000144. The van der Waals surface area contributed by atoms with E-state index >= 15 is 0 Å². The summed E-state index contributed by atoms with van der Waals surface area (Å²) in [6, 6.07) is 6.48. The van der Waals surface area contributed by atoms with E-state index in [1.807, 2.05) is 0 Å². The van der Waals surface area contributed by atoms with E-state index in [0.29, 0.717) is 12.0 Å². The van der Waals surface area contributed by atoms with Crippen molar-refractivity contribution in [3.8, 4) is 5.75 Å². The third-order valence-electron chi connectivity index (χ3n) is 5.13. The topological polar surface area (TPSA) is 33.7 Å². The van der Waals surface area contributed by atoms with E-state index in [-0.39, 0.29) is 24.8 Å². The Morgan fingerprint density at radius 1 is 1.21 bits per heavy atom. The molecule has 0 bridgehead atoms. The van der Waals surface area contributed by atoms with E-state index in [4.69, 9.17) is 9.47 Å². The highest BCUT2D eigenvalue weighted by Gasteiger charge is 2.38. The summed E-state index contributed by atoms with van der Waals surface area (Å²) in [7, 11) is 3.45. The molecule has 2 fully saturated rings. The molecule has 1 atom stereocenters. The second-order valence-corrected chi connectivity index (χ2v) is 6.82. The molecule has 6 heteroatoms. The van der Waals surface area contributed by atoms with Crippen molar-refractivity contribution in [2.75, 3.05) is 40.4 Å². The highest BCUT2D eigenvalue weighted by molar-refractivity contribution is 5.85. The van der Waals surface area contributed by atoms with Gasteiger partial charge in [0.25, 0.3) is 0 Å². The van der Waals surface area contributed by atoms with Crippen LogP contribution < -0.4 is 10.1 Å². The third-order valence-corrected chi connectivity index (χ3v) is 5.13. The maximum Gasteiger partial charge on any atom is 0.124 e. The van der Waals surface area contributed by atoms with Crippen molar-refractivity contribution in [3.63, 3.8) is 0 Å². The number of nitrogens with zero attached hydrogens (tertiary/aromatic N) is 1. The molecule has 1 aromatic carbocycles. The predicted octanol–water partition coefficient (Wildman–Crippen LogP) is 3.26. The molecule has 24 heavy (non-hydrogen) atoms. The summed E-state index contributed by atoms with van der Waals surface area (Å²) in [6.07, 6.45) is 4.05. The number of nitrogens with one attached hydrogen (secondary N) is 1. The summed E-state index contributed by atoms with van der Waals surface area (Å²) < 4.78 is 10.7. The summed E-state index contributed by atoms with van der Waals surface area (Å²) in [4.78, 5) is 2.60. The Morgan fingerprint density at radius 2 is 2.04 bits per heavy atom. The average Bonchev–Trinajstić information content (AvgIpc) is 2.91. The first kappa shape index (κ1) is 21.5. The van der Waals surface area contributed by atoms with E-state index < -0.39 is 0 Å². The molecule has 1 aromatic rings. The van der Waals surface area contributed by atoms with E-state index in [2.05, 4.69) is 28.4 Å². The van der Waals surface area contributed by atoms with Crippen molar-refractivity contribution >= 4 is 24.8 Å². The minimum Gasteiger partial charge on any atom is -0.496 e. The lowest BCUT2D eigenvalue weighted by molar-refractivity contribution is 0.181. The zero-order chi connectivity index (χ0) is 15.4. The fourth-order valence-electron chi connectivity index (χ4n) is 4.00. The van der Waals surface area contributed by atoms with Gasteiger partial charge in [-0.1, -0.05) is 6.07 Å². The highest BCUT2D eigenvalue weighted by atomic mass is 35.5. The number of likely N-dealkylation sites (tertiary alicyclic amines) is 1. The predicted molar refractivity (Wildman–Crippen MR) is 103 cm³/mol. The van der Waals surface area contributed by atoms with Gasteiger partial charge in [-0.3, -0.25) is 4.90 Å². The van der Waals surface area contributed by atoms with Crippen molar-refractivity contribution in [1.29, 1.82) is 0 Å². The van der Waals surface area contributed by atoms with Gasteiger partial charge in [0.15, 0.2) is 0 Å². The number of benzene rings is 1. The lowest BCUT2D eigenvalue weighted by atomic mass is 9.80. The number of hydrogen-bond acceptors (Lipinski definition) is 4. The molecule has 4 nitrogen and oxygen atoms in total. The van der Waals surface area contributed by atoms with Gasteiger partial charge >= 0.3 is 0 Å². The fraction of sp³-hybridized carbons (Fsp3) is 0.667. The van der Waals surface area contributed by atoms with Crippen LogP contribution in [0.3, 0.4) is 0 Å². The van der Waals surface area contributed by atoms with Crippen molar-refractivity contribution in [1.82, 2.24) is 10.2 Å². The van der Waals surface area contributed by atoms with Crippen LogP contribution in [0, 0.1) is 5.41 Å². The molecule has 0 aromatic heterocycles. The number of methoxy groups -OCH3 is 2. The van der Waals surface area contributed by atoms with Gasteiger partial charge in [0, 0.05) is 32.3 Å². The lowest BCUT2D eigenvalue weighted by Gasteiger charge is -2.34. The molecule has 1 unspecified atom stereocenters. The van der Waals surface area contributed by atoms with Crippen LogP contribution in [0.1, 0.15) is 30.4 Å². The van der Waals surface area contributed by atoms with E-state index in [1.165, 1.54) is 51.0 Å². The van der Waals surface area contributed by atoms with Gasteiger partial charge in [-0.05, 0) is 55.5 Å². The molecular formula is C18H30Cl2N2O2. The number of hydrogen-bond donors (Lipinski definition) is 1. The minimum atomic E-state index is 0. The monoisotopic (exact) mass is 376 g/mol. The largest absolute Gasteiger partial charge is 0.496 e. The lowest BCUT2D eigenvalue weighted by Crippen LogP contribution is -2.41. The molecule has 0 aliphatic carbocycles. The molecule has 2 heterocycles. The molecule has 1 N–H and O–H groups in total. The number of halogens is 2. The van der Waals surface area contributed by atoms with Crippen LogP contribution >= 0.6 is 24.8 Å². The molecule has 1 spiro atoms. The summed E-state index contributed by atoms with van der Waals surface area (Å²) >= 11 is 0. The second-order valence-electron chi connectivity index (χ2n) is 6.82. The van der Waals surface area contributed by atoms with E-state index in [1.54, 1.807) is 14.2 Å². The van der Waals surface area contributed by atoms with Crippen LogP contribution in [0.4, 0.5) is 0 Å². The standard InChI is InChI=1S/C18H28N2O2.2ClH/c1-21-12-16-10-15(4-5-17(16)22-2)11-20-9-7-18(14-20)6-3-8-19-13-18;;/h4-5,10,19H,3,6-9,11-14H2,1-2H3;2*1H. The van der Waals surface area contributed by atoms with Crippen molar-refractivity contribution in [2.45, 2.75) is 32.4 Å². The first-order valence-electron chi connectivity index (χ1n) is 8.32. The number of piperidine rings is 1. The fourth-order valence-corrected chi connectivity index (χ4v) is 4.00. The van der Waals surface area contributed by atoms with Gasteiger partial charge in [-0.25, -0.2) is 0 Å². The number of ether oxygens (including phenoxy) is 2. The van der Waals surface area contributed by atoms with Crippen molar-refractivity contribution < 1.29 is 9.47 Å². The average molecular weight is 377 g/mol. The maximum absolute atomic E-state index is 5.41. The molecule has 0 radical (unpaired) electrons. The van der Waals surface area contributed by atoms with Gasteiger partial charge in [0.05, 0.1) is 13.7 Å². The smallest absolute Gasteiger partial charge is 0.124 e. The van der Waals surface area contributed by atoms with Crippen LogP contribution in [0.2, 0.25) is 0 Å². The van der Waals surface area contributed by atoms with Crippen molar-refractivity contribution in [2.24, 2.45) is 5.41 Å². The Bertz CT molecular complexity index is 508. The van der Waals surface area contributed by atoms with E-state index in [0.717, 1.165) is 17.9 Å². The molecule has 138 valence electrons. The summed E-state index contributed by atoms with van der Waals surface area (Å²) in [6.45, 7) is 6.47. The van der Waals surface area contributed by atoms with Gasteiger partial charge in [0.2, 0.25) is 0 Å². The SMILES string of the molecule is COCc1cc(CN2CCC3(CCCNC3)C2)ccc1OC.Cl.Cl. The molecule has 0 saturated carbocycles. The van der Waals surface area contributed by atoms with Crippen LogP contribution in [0.5, 0.6) is 5.75 Å². The second kappa shape index (κ2) is 9.83. The van der Waals surface area contributed by atoms with Gasteiger partial charge in [-0.2, -0.15) is 0 Å². The van der Waals surface area contributed by atoms with Crippen LogP contribution in [0.25, 0.3) is 0 Å². The summed E-state index contributed by atoms with van der Waals surface area (Å²) in [5.41, 5.74) is 3.02. The molecule has 2 aliphatic rings. The van der Waals surface area contributed by atoms with Crippen LogP contribution in [-0.4, -0.2) is 45.3 Å². The van der Waals surface area contributed by atoms with Crippen molar-refractivity contribution in [3.05, 3.63) is 29.3 Å². The molecule has 0 amide bonds. The summed E-state index contributed by atoms with van der Waals surface area (Å²) in [5.74, 6) is 0.917. The Morgan fingerprint density at radius 3 is 2.71 bits per heavy atom. The van der Waals surface area contributed by atoms with Crippen LogP contribution in [-0.2, 0) is 17.9 Å². The normalized spacial score (nSPS) is 23.6. The maximum atomic E-state index is 5.41. The highest BCUT2D eigenvalue weighted by Crippen LogP contribution is 2.37. The van der Waals surface area contributed by atoms with E-state index in [9.17, 15) is 0 Å². The number of rotatable bonds is 5. The Hall–Kier alpha value is -0.520. The first-order valence-corrected chi connectivity index (χ1v) is 8.32. The van der Waals surface area contributed by atoms with Gasteiger partial charge in [0.1, 0.15) is 5.75 Å². The zero-order valence-electron chi connectivity index (χ0n) is 14.7. The Kier molecular flexibility index (Phi) is 8.82. The minimum absolute atomic E-state index is 0. The third kappa shape index (κ3) is 4.99. The zero-order valence-corrected chi connectivity index (χ0v) is 16.3. The van der Waals surface area contributed by atoms with Gasteiger partial charge < -0.3 is 14.8 Å². The Labute approximate surface area is 158 Å².